The second kappa shape index (κ2) is 4.84. The summed E-state index contributed by atoms with van der Waals surface area (Å²) >= 11 is 0. The third kappa shape index (κ3) is 2.42. The number of carboxylic acids is 1. The Bertz CT molecular complexity index is 487. The van der Waals surface area contributed by atoms with Crippen molar-refractivity contribution in [2.75, 3.05) is 0 Å². The van der Waals surface area contributed by atoms with Gasteiger partial charge in [0.15, 0.2) is 0 Å². The zero-order chi connectivity index (χ0) is 11.4. The predicted molar refractivity (Wildman–Crippen MR) is 63.5 cm³/mol. The molecule has 0 aliphatic carbocycles. The molecule has 2 N–H and O–H groups in total. The van der Waals surface area contributed by atoms with Gasteiger partial charge in [-0.1, -0.05) is 18.2 Å². The Balaban J connectivity index is 1.97. The summed E-state index contributed by atoms with van der Waals surface area (Å²) < 4.78 is 0. The fourth-order valence-electron chi connectivity index (χ4n) is 1.93. The first-order chi connectivity index (χ1) is 7.77. The first-order valence-electron chi connectivity index (χ1n) is 5.54. The number of H-pyrrole nitrogens is 1. The highest BCUT2D eigenvalue weighted by molar-refractivity contribution is 5.83. The SMILES string of the molecule is O=C(O)CCCCc1c[nH]c2ccccc12. The van der Waals surface area contributed by atoms with E-state index < -0.39 is 5.97 Å². The molecule has 1 heterocycles. The molecule has 0 amide bonds. The normalized spacial score (nSPS) is 10.8. The van der Waals surface area contributed by atoms with Crippen LogP contribution in [0.1, 0.15) is 24.8 Å². The minimum atomic E-state index is -0.709. The van der Waals surface area contributed by atoms with Gasteiger partial charge < -0.3 is 10.1 Å². The lowest BCUT2D eigenvalue weighted by Crippen LogP contribution is -1.94. The number of hydrogen-bond acceptors (Lipinski definition) is 1. The highest BCUT2D eigenvalue weighted by atomic mass is 16.4. The first kappa shape index (κ1) is 10.7. The Morgan fingerprint density at radius 3 is 2.88 bits per heavy atom. The molecule has 0 atom stereocenters. The van der Waals surface area contributed by atoms with Crippen molar-refractivity contribution in [2.24, 2.45) is 0 Å². The van der Waals surface area contributed by atoms with Gasteiger partial charge in [-0.15, -0.1) is 0 Å². The predicted octanol–water partition coefficient (Wildman–Crippen LogP) is 2.97. The molecule has 0 spiro atoms. The second-order valence-electron chi connectivity index (χ2n) is 3.96. The van der Waals surface area contributed by atoms with Crippen molar-refractivity contribution in [1.29, 1.82) is 0 Å². The van der Waals surface area contributed by atoms with E-state index in [-0.39, 0.29) is 6.42 Å². The van der Waals surface area contributed by atoms with Crippen molar-refractivity contribution >= 4 is 16.9 Å². The van der Waals surface area contributed by atoms with Crippen LogP contribution in [0.4, 0.5) is 0 Å². The smallest absolute Gasteiger partial charge is 0.303 e. The second-order valence-corrected chi connectivity index (χ2v) is 3.96. The van der Waals surface area contributed by atoms with Crippen molar-refractivity contribution in [2.45, 2.75) is 25.7 Å². The summed E-state index contributed by atoms with van der Waals surface area (Å²) in [6.45, 7) is 0. The largest absolute Gasteiger partial charge is 0.481 e. The molecule has 0 saturated heterocycles. The van der Waals surface area contributed by atoms with Crippen LogP contribution in [0.2, 0.25) is 0 Å². The molecular formula is C13H15NO2. The third-order valence-electron chi connectivity index (χ3n) is 2.76. The maximum absolute atomic E-state index is 10.4. The molecule has 2 rings (SSSR count). The number of aryl methyl sites for hydroxylation is 1. The maximum atomic E-state index is 10.4. The Morgan fingerprint density at radius 2 is 2.06 bits per heavy atom. The Kier molecular flexibility index (Phi) is 3.25. The number of aliphatic carboxylic acids is 1. The molecule has 0 bridgehead atoms. The van der Waals surface area contributed by atoms with Crippen molar-refractivity contribution in [3.8, 4) is 0 Å². The standard InChI is InChI=1S/C13H15NO2/c15-13(16)8-4-1-5-10-9-14-12-7-3-2-6-11(10)12/h2-3,6-7,9,14H,1,4-5,8H2,(H,15,16). The molecule has 0 aliphatic rings. The summed E-state index contributed by atoms with van der Waals surface area (Å²) in [5.41, 5.74) is 2.43. The fourth-order valence-corrected chi connectivity index (χ4v) is 1.93. The lowest BCUT2D eigenvalue weighted by atomic mass is 10.1. The van der Waals surface area contributed by atoms with Gasteiger partial charge in [0.05, 0.1) is 0 Å². The highest BCUT2D eigenvalue weighted by Gasteiger charge is 2.03. The van der Waals surface area contributed by atoms with Gasteiger partial charge in [0.1, 0.15) is 0 Å². The summed E-state index contributed by atoms with van der Waals surface area (Å²) in [7, 11) is 0. The summed E-state index contributed by atoms with van der Waals surface area (Å²) in [5, 5.41) is 9.78. The molecule has 0 unspecified atom stereocenters. The molecule has 84 valence electrons. The van der Waals surface area contributed by atoms with Crippen LogP contribution in [0, 0.1) is 0 Å². The molecule has 0 aliphatic heterocycles. The number of benzene rings is 1. The van der Waals surface area contributed by atoms with Gasteiger partial charge in [-0.2, -0.15) is 0 Å². The summed E-state index contributed by atoms with van der Waals surface area (Å²) in [5.74, 6) is -0.709. The van der Waals surface area contributed by atoms with Crippen molar-refractivity contribution < 1.29 is 9.90 Å². The van der Waals surface area contributed by atoms with Crippen LogP contribution in [0.15, 0.2) is 30.5 Å². The summed E-state index contributed by atoms with van der Waals surface area (Å²) in [6, 6.07) is 8.18. The van der Waals surface area contributed by atoms with Crippen molar-refractivity contribution in [1.82, 2.24) is 4.98 Å². The third-order valence-corrected chi connectivity index (χ3v) is 2.76. The van der Waals surface area contributed by atoms with Crippen molar-refractivity contribution in [3.63, 3.8) is 0 Å². The number of para-hydroxylation sites is 1. The van der Waals surface area contributed by atoms with E-state index in [4.69, 9.17) is 5.11 Å². The number of aromatic amines is 1. The zero-order valence-corrected chi connectivity index (χ0v) is 9.07. The number of carbonyl (C=O) groups is 1. The average Bonchev–Trinajstić information content (AvgIpc) is 2.68. The van der Waals surface area contributed by atoms with E-state index in [0.717, 1.165) is 24.8 Å². The van der Waals surface area contributed by atoms with Crippen LogP contribution in [0.5, 0.6) is 0 Å². The number of nitrogens with one attached hydrogen (secondary N) is 1. The van der Waals surface area contributed by atoms with E-state index in [1.807, 2.05) is 18.3 Å². The van der Waals surface area contributed by atoms with Crippen LogP contribution in [0.25, 0.3) is 10.9 Å². The maximum Gasteiger partial charge on any atom is 0.303 e. The molecule has 0 fully saturated rings. The number of hydrogen-bond donors (Lipinski definition) is 2. The number of aromatic nitrogens is 1. The van der Waals surface area contributed by atoms with Gasteiger partial charge >= 0.3 is 5.97 Å². The topological polar surface area (TPSA) is 53.1 Å². The van der Waals surface area contributed by atoms with Crippen LogP contribution in [0.3, 0.4) is 0 Å². The number of rotatable bonds is 5. The van der Waals surface area contributed by atoms with E-state index >= 15 is 0 Å². The zero-order valence-electron chi connectivity index (χ0n) is 9.07. The molecular weight excluding hydrogens is 202 g/mol. The Morgan fingerprint density at radius 1 is 1.25 bits per heavy atom. The number of fused-ring (bicyclic) bond motifs is 1. The monoisotopic (exact) mass is 217 g/mol. The molecule has 0 radical (unpaired) electrons. The number of unbranched alkanes of at least 4 members (excludes halogenated alkanes) is 1. The Hall–Kier alpha value is -1.77. The van der Waals surface area contributed by atoms with Crippen LogP contribution >= 0.6 is 0 Å². The minimum Gasteiger partial charge on any atom is -0.481 e. The van der Waals surface area contributed by atoms with Crippen LogP contribution in [-0.4, -0.2) is 16.1 Å². The summed E-state index contributed by atoms with van der Waals surface area (Å²) in [4.78, 5) is 13.6. The Labute approximate surface area is 94.1 Å². The summed E-state index contributed by atoms with van der Waals surface area (Å²) in [6.07, 6.45) is 4.90. The van der Waals surface area contributed by atoms with Gasteiger partial charge in [0.25, 0.3) is 0 Å². The average molecular weight is 217 g/mol. The molecule has 2 aromatic rings. The van der Waals surface area contributed by atoms with Gasteiger partial charge in [-0.3, -0.25) is 4.79 Å². The fraction of sp³-hybridized carbons (Fsp3) is 0.308. The van der Waals surface area contributed by atoms with Gasteiger partial charge in [0, 0.05) is 23.5 Å². The van der Waals surface area contributed by atoms with Crippen molar-refractivity contribution in [3.05, 3.63) is 36.0 Å². The first-order valence-corrected chi connectivity index (χ1v) is 5.54. The molecule has 1 aromatic heterocycles. The van der Waals surface area contributed by atoms with E-state index in [1.165, 1.54) is 10.9 Å². The van der Waals surface area contributed by atoms with Gasteiger partial charge in [0.2, 0.25) is 0 Å². The molecule has 0 saturated carbocycles. The van der Waals surface area contributed by atoms with E-state index in [2.05, 4.69) is 17.1 Å². The molecule has 1 aromatic carbocycles. The van der Waals surface area contributed by atoms with Crippen LogP contribution < -0.4 is 0 Å². The van der Waals surface area contributed by atoms with Gasteiger partial charge in [-0.25, -0.2) is 0 Å². The van der Waals surface area contributed by atoms with E-state index in [9.17, 15) is 4.79 Å². The van der Waals surface area contributed by atoms with E-state index in [1.54, 1.807) is 0 Å². The lowest BCUT2D eigenvalue weighted by molar-refractivity contribution is -0.137. The van der Waals surface area contributed by atoms with Crippen LogP contribution in [-0.2, 0) is 11.2 Å². The quantitative estimate of drug-likeness (QED) is 0.756. The highest BCUT2D eigenvalue weighted by Crippen LogP contribution is 2.19. The molecule has 3 heteroatoms. The van der Waals surface area contributed by atoms with E-state index in [0.29, 0.717) is 0 Å². The minimum absolute atomic E-state index is 0.266. The molecule has 3 nitrogen and oxygen atoms in total. The lowest BCUT2D eigenvalue weighted by Gasteiger charge is -1.98. The number of carboxylic acid groups (broad SMARTS) is 1. The molecule has 16 heavy (non-hydrogen) atoms. The van der Waals surface area contributed by atoms with Gasteiger partial charge in [-0.05, 0) is 30.9 Å².